The minimum absolute atomic E-state index is 0.0412. The third-order valence-electron chi connectivity index (χ3n) is 3.83. The predicted molar refractivity (Wildman–Crippen MR) is 103 cm³/mol. The van der Waals surface area contributed by atoms with Gasteiger partial charge in [-0.2, -0.15) is 11.3 Å². The van der Waals surface area contributed by atoms with E-state index in [1.54, 1.807) is 11.4 Å². The summed E-state index contributed by atoms with van der Waals surface area (Å²) in [7, 11) is 0. The van der Waals surface area contributed by atoms with E-state index in [2.05, 4.69) is 24.5 Å². The summed E-state index contributed by atoms with van der Waals surface area (Å²) >= 11 is 7.40. The zero-order chi connectivity index (χ0) is 18.2. The van der Waals surface area contributed by atoms with Gasteiger partial charge in [-0.15, -0.1) is 0 Å². The standard InChI is InChI=1S/C19H23ClN2O2S/c1-13(2)3-8-17(14-4-6-16(20)7-5-14)22-18(23)11-21-19(24)15-9-10-25-12-15/h4-7,9-10,12-13,17H,3,8,11H2,1-2H3,(H,21,24)(H,22,23). The molecule has 2 rings (SSSR count). The quantitative estimate of drug-likeness (QED) is 0.714. The molecular formula is C19H23ClN2O2S. The van der Waals surface area contributed by atoms with Gasteiger partial charge in [0, 0.05) is 16.0 Å². The second-order valence-electron chi connectivity index (χ2n) is 6.34. The number of rotatable bonds is 8. The van der Waals surface area contributed by atoms with Crippen LogP contribution in [0.4, 0.5) is 0 Å². The van der Waals surface area contributed by atoms with E-state index >= 15 is 0 Å². The van der Waals surface area contributed by atoms with Gasteiger partial charge in [-0.3, -0.25) is 9.59 Å². The van der Waals surface area contributed by atoms with Gasteiger partial charge in [0.1, 0.15) is 0 Å². The first kappa shape index (κ1) is 19.5. The summed E-state index contributed by atoms with van der Waals surface area (Å²) in [6.45, 7) is 4.27. The van der Waals surface area contributed by atoms with E-state index < -0.39 is 0 Å². The second-order valence-corrected chi connectivity index (χ2v) is 7.55. The molecule has 0 radical (unpaired) electrons. The number of carbonyl (C=O) groups is 2. The van der Waals surface area contributed by atoms with E-state index in [-0.39, 0.29) is 24.4 Å². The molecule has 1 aromatic carbocycles. The largest absolute Gasteiger partial charge is 0.348 e. The molecule has 134 valence electrons. The number of halogens is 1. The highest BCUT2D eigenvalue weighted by Crippen LogP contribution is 2.22. The van der Waals surface area contributed by atoms with E-state index in [1.165, 1.54) is 11.3 Å². The Hall–Kier alpha value is -1.85. The molecule has 1 unspecified atom stereocenters. The van der Waals surface area contributed by atoms with Gasteiger partial charge >= 0.3 is 0 Å². The van der Waals surface area contributed by atoms with Gasteiger partial charge in [-0.1, -0.05) is 37.6 Å². The molecule has 1 heterocycles. The molecule has 0 saturated carbocycles. The van der Waals surface area contributed by atoms with Gasteiger partial charge in [0.05, 0.1) is 12.6 Å². The highest BCUT2D eigenvalue weighted by molar-refractivity contribution is 7.08. The Morgan fingerprint density at radius 1 is 1.12 bits per heavy atom. The average molecular weight is 379 g/mol. The highest BCUT2D eigenvalue weighted by Gasteiger charge is 2.16. The summed E-state index contributed by atoms with van der Waals surface area (Å²) in [5.41, 5.74) is 1.59. The fourth-order valence-electron chi connectivity index (χ4n) is 2.42. The minimum Gasteiger partial charge on any atom is -0.348 e. The monoisotopic (exact) mass is 378 g/mol. The van der Waals surface area contributed by atoms with Gasteiger partial charge in [-0.25, -0.2) is 0 Å². The fraction of sp³-hybridized carbons (Fsp3) is 0.368. The van der Waals surface area contributed by atoms with Crippen molar-refractivity contribution in [2.75, 3.05) is 6.54 Å². The molecule has 0 aliphatic rings. The molecule has 2 N–H and O–H groups in total. The van der Waals surface area contributed by atoms with Crippen LogP contribution < -0.4 is 10.6 Å². The Kier molecular flexibility index (Phi) is 7.47. The van der Waals surface area contributed by atoms with Crippen molar-refractivity contribution in [1.29, 1.82) is 0 Å². The van der Waals surface area contributed by atoms with Crippen molar-refractivity contribution in [2.45, 2.75) is 32.7 Å². The maximum atomic E-state index is 12.3. The van der Waals surface area contributed by atoms with Crippen LogP contribution >= 0.6 is 22.9 Å². The minimum atomic E-state index is -0.235. The smallest absolute Gasteiger partial charge is 0.252 e. The molecule has 0 aliphatic heterocycles. The van der Waals surface area contributed by atoms with Crippen molar-refractivity contribution >= 4 is 34.8 Å². The van der Waals surface area contributed by atoms with Crippen LogP contribution in [0.5, 0.6) is 0 Å². The van der Waals surface area contributed by atoms with Crippen LogP contribution in [0, 0.1) is 5.92 Å². The number of nitrogens with one attached hydrogen (secondary N) is 2. The molecule has 0 bridgehead atoms. The summed E-state index contributed by atoms with van der Waals surface area (Å²) in [6.07, 6.45) is 1.83. The van der Waals surface area contributed by atoms with E-state index in [9.17, 15) is 9.59 Å². The number of hydrogen-bond donors (Lipinski definition) is 2. The summed E-state index contributed by atoms with van der Waals surface area (Å²) in [5, 5.41) is 9.92. The first-order valence-corrected chi connectivity index (χ1v) is 9.63. The lowest BCUT2D eigenvalue weighted by Crippen LogP contribution is -2.38. The number of carbonyl (C=O) groups excluding carboxylic acids is 2. The first-order chi connectivity index (χ1) is 12.0. The molecule has 0 spiro atoms. The number of hydrogen-bond acceptors (Lipinski definition) is 3. The Bertz CT molecular complexity index is 684. The molecule has 4 nitrogen and oxygen atoms in total. The maximum Gasteiger partial charge on any atom is 0.252 e. The lowest BCUT2D eigenvalue weighted by molar-refractivity contribution is -0.120. The second kappa shape index (κ2) is 9.59. The van der Waals surface area contributed by atoms with Crippen LogP contribution in [0.25, 0.3) is 0 Å². The van der Waals surface area contributed by atoms with Crippen LogP contribution in [0.3, 0.4) is 0 Å². The SMILES string of the molecule is CC(C)CCC(NC(=O)CNC(=O)c1ccsc1)c1ccc(Cl)cc1. The van der Waals surface area contributed by atoms with E-state index in [0.717, 1.165) is 18.4 Å². The number of benzene rings is 1. The Morgan fingerprint density at radius 3 is 2.44 bits per heavy atom. The topological polar surface area (TPSA) is 58.2 Å². The van der Waals surface area contributed by atoms with Crippen LogP contribution in [0.2, 0.25) is 5.02 Å². The maximum absolute atomic E-state index is 12.3. The van der Waals surface area contributed by atoms with Crippen LogP contribution in [0.15, 0.2) is 41.1 Å². The molecule has 0 fully saturated rings. The zero-order valence-electron chi connectivity index (χ0n) is 14.4. The Labute approximate surface area is 157 Å². The zero-order valence-corrected chi connectivity index (χ0v) is 16.0. The molecule has 1 atom stereocenters. The van der Waals surface area contributed by atoms with E-state index in [4.69, 9.17) is 11.6 Å². The molecule has 25 heavy (non-hydrogen) atoms. The van der Waals surface area contributed by atoms with Crippen LogP contribution in [0.1, 0.15) is 48.7 Å². The third-order valence-corrected chi connectivity index (χ3v) is 4.77. The van der Waals surface area contributed by atoms with Gasteiger partial charge in [0.2, 0.25) is 5.91 Å². The lowest BCUT2D eigenvalue weighted by atomic mass is 9.97. The third kappa shape index (κ3) is 6.52. The van der Waals surface area contributed by atoms with Crippen molar-refractivity contribution in [3.63, 3.8) is 0 Å². The molecule has 6 heteroatoms. The highest BCUT2D eigenvalue weighted by atomic mass is 35.5. The van der Waals surface area contributed by atoms with Gasteiger partial charge < -0.3 is 10.6 Å². The fourth-order valence-corrected chi connectivity index (χ4v) is 3.18. The molecule has 1 aromatic heterocycles. The van der Waals surface area contributed by atoms with Crippen molar-refractivity contribution < 1.29 is 9.59 Å². The summed E-state index contributed by atoms with van der Waals surface area (Å²) < 4.78 is 0. The molecule has 2 aromatic rings. The summed E-state index contributed by atoms with van der Waals surface area (Å²) in [6, 6.07) is 9.14. The molecule has 2 amide bonds. The van der Waals surface area contributed by atoms with Gasteiger partial charge in [0.25, 0.3) is 5.91 Å². The van der Waals surface area contributed by atoms with E-state index in [1.807, 2.05) is 29.6 Å². The van der Waals surface area contributed by atoms with Gasteiger partial charge in [-0.05, 0) is 47.9 Å². The average Bonchev–Trinajstić information content (AvgIpc) is 3.12. The van der Waals surface area contributed by atoms with Crippen LogP contribution in [-0.2, 0) is 4.79 Å². The normalized spacial score (nSPS) is 12.0. The first-order valence-electron chi connectivity index (χ1n) is 8.31. The predicted octanol–water partition coefficient (Wildman–Crippen LogP) is 4.43. The van der Waals surface area contributed by atoms with Crippen molar-refractivity contribution in [1.82, 2.24) is 10.6 Å². The van der Waals surface area contributed by atoms with Crippen molar-refractivity contribution in [2.24, 2.45) is 5.92 Å². The summed E-state index contributed by atoms with van der Waals surface area (Å²) in [5.74, 6) is 0.110. The van der Waals surface area contributed by atoms with Crippen molar-refractivity contribution in [3.8, 4) is 0 Å². The lowest BCUT2D eigenvalue weighted by Gasteiger charge is -2.20. The number of amides is 2. The number of thiophene rings is 1. The van der Waals surface area contributed by atoms with Crippen LogP contribution in [-0.4, -0.2) is 18.4 Å². The molecule has 0 saturated heterocycles. The Morgan fingerprint density at radius 2 is 1.84 bits per heavy atom. The Balaban J connectivity index is 1.94. The van der Waals surface area contributed by atoms with E-state index in [0.29, 0.717) is 16.5 Å². The molecular weight excluding hydrogens is 356 g/mol. The van der Waals surface area contributed by atoms with Gasteiger partial charge in [0.15, 0.2) is 0 Å². The molecule has 0 aliphatic carbocycles. The van der Waals surface area contributed by atoms with Crippen molar-refractivity contribution in [3.05, 3.63) is 57.2 Å². The summed E-state index contributed by atoms with van der Waals surface area (Å²) in [4.78, 5) is 24.2.